The van der Waals surface area contributed by atoms with Crippen LogP contribution in [0.5, 0.6) is 5.75 Å². The first-order valence-electron chi connectivity index (χ1n) is 5.72. The first-order chi connectivity index (χ1) is 9.04. The fourth-order valence-corrected chi connectivity index (χ4v) is 2.19. The van der Waals surface area contributed by atoms with Crippen LogP contribution in [0.3, 0.4) is 0 Å². The fourth-order valence-electron chi connectivity index (χ4n) is 1.74. The number of halogens is 1. The van der Waals surface area contributed by atoms with E-state index in [9.17, 15) is 14.9 Å². The number of carbonyl (C=O) groups excluding carboxylic acids is 1. The van der Waals surface area contributed by atoms with Crippen molar-refractivity contribution < 1.29 is 19.2 Å². The molecular weight excluding hydrogens is 318 g/mol. The molecule has 0 radical (unpaired) electrons. The zero-order valence-electron chi connectivity index (χ0n) is 10.2. The van der Waals surface area contributed by atoms with Gasteiger partial charge in [-0.05, 0) is 34.8 Å². The highest BCUT2D eigenvalue weighted by Crippen LogP contribution is 2.40. The van der Waals surface area contributed by atoms with Gasteiger partial charge in [0.1, 0.15) is 0 Å². The summed E-state index contributed by atoms with van der Waals surface area (Å²) in [6.07, 6.45) is 0.929. The van der Waals surface area contributed by atoms with Gasteiger partial charge < -0.3 is 9.47 Å². The lowest BCUT2D eigenvalue weighted by molar-refractivity contribution is -0.386. The van der Waals surface area contributed by atoms with Crippen molar-refractivity contribution in [1.82, 2.24) is 0 Å². The van der Waals surface area contributed by atoms with Crippen molar-refractivity contribution in [3.8, 4) is 5.75 Å². The van der Waals surface area contributed by atoms with Crippen molar-refractivity contribution in [2.75, 3.05) is 7.11 Å². The number of carbonyl (C=O) groups is 1. The third-order valence-corrected chi connectivity index (χ3v) is 3.50. The molecule has 1 fully saturated rings. The van der Waals surface area contributed by atoms with Gasteiger partial charge in [0.2, 0.25) is 5.75 Å². The van der Waals surface area contributed by atoms with Crippen LogP contribution in [0, 0.1) is 16.0 Å². The van der Waals surface area contributed by atoms with Gasteiger partial charge in [0.05, 0.1) is 16.5 Å². The molecule has 6 nitrogen and oxygen atoms in total. The lowest BCUT2D eigenvalue weighted by atomic mass is 10.2. The van der Waals surface area contributed by atoms with Crippen LogP contribution in [0.1, 0.15) is 12.8 Å². The number of nitrogens with zero attached hydrogens (tertiary/aromatic N) is 1. The van der Waals surface area contributed by atoms with Gasteiger partial charge in [-0.1, -0.05) is 6.07 Å². The van der Waals surface area contributed by atoms with Gasteiger partial charge in [-0.15, -0.1) is 0 Å². The van der Waals surface area contributed by atoms with Crippen molar-refractivity contribution in [1.29, 1.82) is 0 Å². The van der Waals surface area contributed by atoms with Gasteiger partial charge in [0.25, 0.3) is 0 Å². The fraction of sp³-hybridized carbons (Fsp3) is 0.417. The number of hydrogen-bond acceptors (Lipinski definition) is 5. The summed E-state index contributed by atoms with van der Waals surface area (Å²) in [7, 11) is 1.27. The lowest BCUT2D eigenvalue weighted by Gasteiger charge is -2.17. The molecule has 0 N–H and O–H groups in total. The molecule has 1 unspecified atom stereocenters. The predicted octanol–water partition coefficient (Wildman–Crippen LogP) is 2.69. The molecule has 7 heteroatoms. The third-order valence-electron chi connectivity index (χ3n) is 2.87. The van der Waals surface area contributed by atoms with Gasteiger partial charge in [0.15, 0.2) is 6.10 Å². The molecule has 0 saturated heterocycles. The number of rotatable bonds is 5. The number of esters is 1. The quantitative estimate of drug-likeness (QED) is 0.471. The van der Waals surface area contributed by atoms with E-state index in [1.165, 1.54) is 13.2 Å². The number of ether oxygens (including phenoxy) is 2. The average Bonchev–Trinajstić information content (AvgIpc) is 3.20. The van der Waals surface area contributed by atoms with Gasteiger partial charge in [0, 0.05) is 12.0 Å². The number of nitro benzene ring substituents is 1. The van der Waals surface area contributed by atoms with Crippen LogP contribution in [-0.4, -0.2) is 24.1 Å². The SMILES string of the molecule is COC(=O)C(Oc1c(Br)cccc1[N+](=O)[O-])C1CC1. The maximum Gasteiger partial charge on any atom is 0.347 e. The number of benzene rings is 1. The molecule has 1 atom stereocenters. The minimum atomic E-state index is -0.789. The minimum absolute atomic E-state index is 0.0646. The van der Waals surface area contributed by atoms with Crippen molar-refractivity contribution in [3.05, 3.63) is 32.8 Å². The number of para-hydroxylation sites is 1. The summed E-state index contributed by atoms with van der Waals surface area (Å²) in [6.45, 7) is 0. The number of methoxy groups -OCH3 is 1. The molecule has 0 heterocycles. The van der Waals surface area contributed by atoms with Gasteiger partial charge >= 0.3 is 11.7 Å². The van der Waals surface area contributed by atoms with Crippen molar-refractivity contribution in [3.63, 3.8) is 0 Å². The summed E-state index contributed by atoms with van der Waals surface area (Å²) in [6, 6.07) is 4.50. The number of hydrogen-bond donors (Lipinski definition) is 0. The highest BCUT2D eigenvalue weighted by atomic mass is 79.9. The molecule has 0 bridgehead atoms. The van der Waals surface area contributed by atoms with Crippen molar-refractivity contribution in [2.45, 2.75) is 18.9 Å². The van der Waals surface area contributed by atoms with Crippen LogP contribution in [0.25, 0.3) is 0 Å². The van der Waals surface area contributed by atoms with E-state index in [0.717, 1.165) is 12.8 Å². The summed E-state index contributed by atoms with van der Waals surface area (Å²) in [5, 5.41) is 11.0. The highest BCUT2D eigenvalue weighted by molar-refractivity contribution is 9.10. The molecule has 1 aliphatic rings. The second kappa shape index (κ2) is 5.56. The molecular formula is C12H12BrNO5. The van der Waals surface area contributed by atoms with E-state index >= 15 is 0 Å². The van der Waals surface area contributed by atoms with E-state index in [1.807, 2.05) is 0 Å². The third kappa shape index (κ3) is 3.04. The Labute approximate surface area is 118 Å². The van der Waals surface area contributed by atoms with Gasteiger partial charge in [-0.3, -0.25) is 10.1 Å². The molecule has 102 valence electrons. The smallest absolute Gasteiger partial charge is 0.347 e. The highest BCUT2D eigenvalue weighted by Gasteiger charge is 2.40. The maximum atomic E-state index is 11.7. The summed E-state index contributed by atoms with van der Waals surface area (Å²) >= 11 is 3.20. The van der Waals surface area contributed by atoms with E-state index in [-0.39, 0.29) is 17.4 Å². The molecule has 1 aromatic rings. The standard InChI is InChI=1S/C12H12BrNO5/c1-18-12(15)10(7-5-6-7)19-11-8(13)3-2-4-9(11)14(16)17/h2-4,7,10H,5-6H2,1H3. The van der Waals surface area contributed by atoms with E-state index in [4.69, 9.17) is 4.74 Å². The zero-order valence-corrected chi connectivity index (χ0v) is 11.8. The van der Waals surface area contributed by atoms with E-state index in [1.54, 1.807) is 12.1 Å². The largest absolute Gasteiger partial charge is 0.470 e. The van der Waals surface area contributed by atoms with Crippen LogP contribution >= 0.6 is 15.9 Å². The van der Waals surface area contributed by atoms with E-state index in [2.05, 4.69) is 20.7 Å². The Hall–Kier alpha value is -1.63. The molecule has 0 spiro atoms. The molecule has 0 aliphatic heterocycles. The lowest BCUT2D eigenvalue weighted by Crippen LogP contribution is -2.31. The Morgan fingerprint density at radius 2 is 2.21 bits per heavy atom. The summed E-state index contributed by atoms with van der Waals surface area (Å²) in [5.74, 6) is -0.374. The molecule has 2 rings (SSSR count). The van der Waals surface area contributed by atoms with Crippen LogP contribution in [0.15, 0.2) is 22.7 Å². The Morgan fingerprint density at radius 1 is 1.53 bits per heavy atom. The first kappa shape index (κ1) is 13.8. The first-order valence-corrected chi connectivity index (χ1v) is 6.51. The maximum absolute atomic E-state index is 11.7. The zero-order chi connectivity index (χ0) is 14.0. The van der Waals surface area contributed by atoms with Crippen LogP contribution in [-0.2, 0) is 9.53 Å². The van der Waals surface area contributed by atoms with Crippen molar-refractivity contribution in [2.24, 2.45) is 5.92 Å². The molecule has 19 heavy (non-hydrogen) atoms. The Balaban J connectivity index is 2.30. The predicted molar refractivity (Wildman–Crippen MR) is 70.0 cm³/mol. The topological polar surface area (TPSA) is 78.7 Å². The van der Waals surface area contributed by atoms with Gasteiger partial charge in [-0.25, -0.2) is 4.79 Å². The van der Waals surface area contributed by atoms with Gasteiger partial charge in [-0.2, -0.15) is 0 Å². The van der Waals surface area contributed by atoms with E-state index < -0.39 is 17.0 Å². The Bertz CT molecular complexity index is 515. The van der Waals surface area contributed by atoms with Crippen molar-refractivity contribution >= 4 is 27.6 Å². The normalized spacial score (nSPS) is 15.7. The molecule has 0 amide bonds. The van der Waals surface area contributed by atoms with Crippen LogP contribution < -0.4 is 4.74 Å². The summed E-state index contributed by atoms with van der Waals surface area (Å²) in [4.78, 5) is 22.1. The average molecular weight is 330 g/mol. The monoisotopic (exact) mass is 329 g/mol. The summed E-state index contributed by atoms with van der Waals surface area (Å²) < 4.78 is 10.7. The molecule has 1 saturated carbocycles. The van der Waals surface area contributed by atoms with E-state index in [0.29, 0.717) is 4.47 Å². The Kier molecular flexibility index (Phi) is 4.04. The second-order valence-corrected chi connectivity index (χ2v) is 5.10. The molecule has 1 aromatic carbocycles. The van der Waals surface area contributed by atoms with Crippen LogP contribution in [0.2, 0.25) is 0 Å². The summed E-state index contributed by atoms with van der Waals surface area (Å²) in [5.41, 5.74) is -0.177. The molecule has 0 aromatic heterocycles. The number of nitro groups is 1. The minimum Gasteiger partial charge on any atom is -0.470 e. The van der Waals surface area contributed by atoms with Crippen LogP contribution in [0.4, 0.5) is 5.69 Å². The second-order valence-electron chi connectivity index (χ2n) is 4.24. The molecule has 1 aliphatic carbocycles. The Morgan fingerprint density at radius 3 is 2.74 bits per heavy atom.